The van der Waals surface area contributed by atoms with Crippen LogP contribution in [0.2, 0.25) is 0 Å². The van der Waals surface area contributed by atoms with Crippen molar-refractivity contribution < 1.29 is 8.42 Å². The number of aromatic nitrogens is 2. The zero-order valence-electron chi connectivity index (χ0n) is 11.8. The van der Waals surface area contributed by atoms with Crippen molar-refractivity contribution in [3.63, 3.8) is 0 Å². The van der Waals surface area contributed by atoms with Gasteiger partial charge in [-0.2, -0.15) is 0 Å². The van der Waals surface area contributed by atoms with Gasteiger partial charge in [0.25, 0.3) is 10.0 Å². The lowest BCUT2D eigenvalue weighted by atomic mass is 9.90. The molecule has 1 unspecified atom stereocenters. The zero-order chi connectivity index (χ0) is 14.7. The lowest BCUT2D eigenvalue weighted by molar-refractivity contribution is 0.369. The van der Waals surface area contributed by atoms with Crippen LogP contribution in [0.3, 0.4) is 0 Å². The summed E-state index contributed by atoms with van der Waals surface area (Å²) < 4.78 is 26.5. The minimum Gasteiger partial charge on any atom is -0.332 e. The summed E-state index contributed by atoms with van der Waals surface area (Å²) in [5.41, 5.74) is 0.0707. The molecule has 0 amide bonds. The number of rotatable bonds is 6. The van der Waals surface area contributed by atoms with Crippen LogP contribution in [0.4, 0.5) is 0 Å². The van der Waals surface area contributed by atoms with Gasteiger partial charge in [-0.3, -0.25) is 0 Å². The van der Waals surface area contributed by atoms with Crippen LogP contribution >= 0.6 is 11.6 Å². The van der Waals surface area contributed by atoms with Crippen molar-refractivity contribution in [2.45, 2.75) is 50.9 Å². The van der Waals surface area contributed by atoms with Gasteiger partial charge in [-0.25, -0.2) is 18.1 Å². The minimum absolute atomic E-state index is 0.0707. The van der Waals surface area contributed by atoms with Crippen molar-refractivity contribution in [3.8, 4) is 0 Å². The molecule has 19 heavy (non-hydrogen) atoms. The van der Waals surface area contributed by atoms with Crippen LogP contribution < -0.4 is 4.72 Å². The molecule has 1 atom stereocenters. The number of sulfonamides is 1. The van der Waals surface area contributed by atoms with Crippen molar-refractivity contribution in [2.75, 3.05) is 6.54 Å². The average molecular weight is 308 g/mol. The molecular formula is C12H22ClN3O2S. The van der Waals surface area contributed by atoms with Crippen LogP contribution in [0.15, 0.2) is 11.2 Å². The predicted octanol–water partition coefficient (Wildman–Crippen LogP) is 2.29. The number of imidazole rings is 1. The van der Waals surface area contributed by atoms with Gasteiger partial charge in [0.1, 0.15) is 5.82 Å². The van der Waals surface area contributed by atoms with Gasteiger partial charge in [0.2, 0.25) is 0 Å². The Morgan fingerprint density at radius 1 is 1.47 bits per heavy atom. The number of hydrogen-bond donors (Lipinski definition) is 2. The zero-order valence-corrected chi connectivity index (χ0v) is 13.4. The monoisotopic (exact) mass is 307 g/mol. The number of aryl methyl sites for hydroxylation is 1. The molecule has 110 valence electrons. The molecule has 0 spiro atoms. The van der Waals surface area contributed by atoms with Crippen molar-refractivity contribution in [1.29, 1.82) is 0 Å². The Balaban J connectivity index is 2.61. The first-order valence-corrected chi connectivity index (χ1v) is 8.23. The molecule has 0 saturated carbocycles. The van der Waals surface area contributed by atoms with Gasteiger partial charge >= 0.3 is 0 Å². The third-order valence-electron chi connectivity index (χ3n) is 2.56. The summed E-state index contributed by atoms with van der Waals surface area (Å²) in [5.74, 6) is 0.650. The molecule has 0 fully saturated rings. The highest BCUT2D eigenvalue weighted by Crippen LogP contribution is 2.23. The largest absolute Gasteiger partial charge is 0.332 e. The summed E-state index contributed by atoms with van der Waals surface area (Å²) in [7, 11) is -3.55. The van der Waals surface area contributed by atoms with Crippen LogP contribution in [-0.2, 0) is 16.4 Å². The van der Waals surface area contributed by atoms with E-state index in [4.69, 9.17) is 11.6 Å². The minimum atomic E-state index is -3.55. The number of halogens is 1. The Bertz CT molecular complexity index is 505. The summed E-state index contributed by atoms with van der Waals surface area (Å²) in [4.78, 5) is 6.75. The summed E-state index contributed by atoms with van der Waals surface area (Å²) >= 11 is 6.14. The van der Waals surface area contributed by atoms with Crippen LogP contribution in [0, 0.1) is 5.41 Å². The van der Waals surface area contributed by atoms with Crippen LogP contribution in [0.25, 0.3) is 0 Å². The number of nitrogens with one attached hydrogen (secondary N) is 2. The number of hydrogen-bond acceptors (Lipinski definition) is 3. The van der Waals surface area contributed by atoms with E-state index in [1.165, 1.54) is 6.20 Å². The second-order valence-electron chi connectivity index (χ2n) is 5.76. The molecule has 5 nitrogen and oxygen atoms in total. The van der Waals surface area contributed by atoms with E-state index in [1.54, 1.807) is 0 Å². The SMILES string of the molecule is CCc1ncc(S(=O)(=O)NCC(Cl)CC(C)(C)C)[nH]1. The predicted molar refractivity (Wildman–Crippen MR) is 76.9 cm³/mol. The Morgan fingerprint density at radius 2 is 2.11 bits per heavy atom. The summed E-state index contributed by atoms with van der Waals surface area (Å²) in [6, 6.07) is 0. The molecule has 1 aromatic rings. The molecule has 1 heterocycles. The van der Waals surface area contributed by atoms with E-state index in [2.05, 4.69) is 35.5 Å². The number of alkyl halides is 1. The molecule has 1 rings (SSSR count). The van der Waals surface area contributed by atoms with Gasteiger partial charge in [-0.05, 0) is 11.8 Å². The molecule has 0 saturated heterocycles. The topological polar surface area (TPSA) is 74.8 Å². The van der Waals surface area contributed by atoms with Gasteiger partial charge in [0.15, 0.2) is 5.03 Å². The molecule has 1 aromatic heterocycles. The second-order valence-corrected chi connectivity index (χ2v) is 8.11. The van der Waals surface area contributed by atoms with Crippen molar-refractivity contribution in [1.82, 2.24) is 14.7 Å². The Labute approximate surface area is 120 Å². The summed E-state index contributed by atoms with van der Waals surface area (Å²) in [6.45, 7) is 8.32. The maximum absolute atomic E-state index is 12.0. The smallest absolute Gasteiger partial charge is 0.257 e. The van der Waals surface area contributed by atoms with E-state index in [1.807, 2.05) is 6.92 Å². The quantitative estimate of drug-likeness (QED) is 0.792. The number of H-pyrrole nitrogens is 1. The molecule has 7 heteroatoms. The van der Waals surface area contributed by atoms with E-state index >= 15 is 0 Å². The van der Waals surface area contributed by atoms with Crippen LogP contribution in [0.1, 0.15) is 39.9 Å². The van der Waals surface area contributed by atoms with E-state index in [9.17, 15) is 8.42 Å². The molecule has 0 aromatic carbocycles. The van der Waals surface area contributed by atoms with Crippen LogP contribution in [-0.4, -0.2) is 30.3 Å². The van der Waals surface area contributed by atoms with Gasteiger partial charge < -0.3 is 4.98 Å². The fourth-order valence-electron chi connectivity index (χ4n) is 1.67. The normalized spacial score (nSPS) is 14.6. The Kier molecular flexibility index (Phi) is 5.41. The first-order chi connectivity index (χ1) is 8.64. The molecule has 2 N–H and O–H groups in total. The molecular weight excluding hydrogens is 286 g/mol. The molecule has 0 aliphatic rings. The maximum atomic E-state index is 12.0. The van der Waals surface area contributed by atoms with Crippen molar-refractivity contribution >= 4 is 21.6 Å². The first kappa shape index (κ1) is 16.5. The highest BCUT2D eigenvalue weighted by atomic mass is 35.5. The molecule has 0 radical (unpaired) electrons. The lowest BCUT2D eigenvalue weighted by Gasteiger charge is -2.21. The van der Waals surface area contributed by atoms with E-state index in [-0.39, 0.29) is 22.4 Å². The van der Waals surface area contributed by atoms with E-state index in [0.29, 0.717) is 12.2 Å². The summed E-state index contributed by atoms with van der Waals surface area (Å²) in [5, 5.41) is -0.146. The highest BCUT2D eigenvalue weighted by Gasteiger charge is 2.21. The standard InChI is InChI=1S/C12H22ClN3O2S/c1-5-10-14-8-11(16-10)19(17,18)15-7-9(13)6-12(2,3)4/h8-9,15H,5-7H2,1-4H3,(H,14,16). The van der Waals surface area contributed by atoms with Crippen LogP contribution in [0.5, 0.6) is 0 Å². The van der Waals surface area contributed by atoms with Crippen molar-refractivity contribution in [2.24, 2.45) is 5.41 Å². The molecule has 0 aliphatic heterocycles. The average Bonchev–Trinajstić information content (AvgIpc) is 2.73. The fraction of sp³-hybridized carbons (Fsp3) is 0.750. The third-order valence-corrected chi connectivity index (χ3v) is 4.20. The third kappa shape index (κ3) is 5.50. The van der Waals surface area contributed by atoms with E-state index < -0.39 is 10.0 Å². The van der Waals surface area contributed by atoms with Gasteiger partial charge in [-0.1, -0.05) is 27.7 Å². The second kappa shape index (κ2) is 6.24. The highest BCUT2D eigenvalue weighted by molar-refractivity contribution is 7.89. The van der Waals surface area contributed by atoms with Gasteiger partial charge in [0.05, 0.1) is 6.20 Å². The Morgan fingerprint density at radius 3 is 2.58 bits per heavy atom. The van der Waals surface area contributed by atoms with E-state index in [0.717, 1.165) is 6.42 Å². The van der Waals surface area contributed by atoms with Crippen molar-refractivity contribution in [3.05, 3.63) is 12.0 Å². The maximum Gasteiger partial charge on any atom is 0.257 e. The molecule has 0 bridgehead atoms. The first-order valence-electron chi connectivity index (χ1n) is 6.31. The lowest BCUT2D eigenvalue weighted by Crippen LogP contribution is -2.31. The fourth-order valence-corrected chi connectivity index (χ4v) is 3.33. The number of nitrogens with zero attached hydrogens (tertiary/aromatic N) is 1. The Hall–Kier alpha value is -0.590. The van der Waals surface area contributed by atoms with Gasteiger partial charge in [-0.15, -0.1) is 11.6 Å². The molecule has 0 aliphatic carbocycles. The van der Waals surface area contributed by atoms with Gasteiger partial charge in [0, 0.05) is 18.3 Å². The summed E-state index contributed by atoms with van der Waals surface area (Å²) in [6.07, 6.45) is 2.73. The number of aromatic amines is 1.